The number of aryl methyl sites for hydroxylation is 1. The summed E-state index contributed by atoms with van der Waals surface area (Å²) in [6.45, 7) is 9.01. The molecule has 0 amide bonds. The van der Waals surface area contributed by atoms with E-state index < -0.39 is 22.0 Å². The Labute approximate surface area is 131 Å². The van der Waals surface area contributed by atoms with Gasteiger partial charge in [0, 0.05) is 6.54 Å². The summed E-state index contributed by atoms with van der Waals surface area (Å²) in [7, 11) is -2.62. The largest absolute Gasteiger partial charge is 0.468 e. The highest BCUT2D eigenvalue weighted by molar-refractivity contribution is 7.89. The molecule has 0 saturated carbocycles. The second kappa shape index (κ2) is 7.91. The van der Waals surface area contributed by atoms with Crippen molar-refractivity contribution in [3.63, 3.8) is 0 Å². The Balaban J connectivity index is 3.31. The highest BCUT2D eigenvalue weighted by Crippen LogP contribution is 2.21. The molecular weight excluding hydrogens is 302 g/mol. The minimum absolute atomic E-state index is 0.00379. The van der Waals surface area contributed by atoms with Crippen molar-refractivity contribution in [1.82, 2.24) is 4.31 Å². The first-order valence-electron chi connectivity index (χ1n) is 6.76. The number of rotatable bonds is 8. The van der Waals surface area contributed by atoms with Gasteiger partial charge >= 0.3 is 5.97 Å². The number of nitrogens with zero attached hydrogens (tertiary/aromatic N) is 1. The van der Waals surface area contributed by atoms with E-state index in [0.29, 0.717) is 0 Å². The molecule has 22 heavy (non-hydrogen) atoms. The third-order valence-electron chi connectivity index (χ3n) is 3.15. The van der Waals surface area contributed by atoms with Crippen LogP contribution in [0.1, 0.15) is 12.0 Å². The summed E-state index contributed by atoms with van der Waals surface area (Å²) in [5, 5.41) is 0. The number of methoxy groups -OCH3 is 1. The average molecular weight is 323 g/mol. The average Bonchev–Trinajstić information content (AvgIpc) is 2.50. The van der Waals surface area contributed by atoms with Gasteiger partial charge in [-0.1, -0.05) is 29.8 Å². The molecule has 1 aromatic rings. The highest BCUT2D eigenvalue weighted by Gasteiger charge is 2.35. The maximum atomic E-state index is 12.8. The molecule has 0 spiro atoms. The summed E-state index contributed by atoms with van der Waals surface area (Å²) < 4.78 is 31.4. The lowest BCUT2D eigenvalue weighted by Gasteiger charge is -2.27. The summed E-state index contributed by atoms with van der Waals surface area (Å²) >= 11 is 0. The standard InChI is InChI=1S/C16H21NO4S/c1-5-7-15(16(18)21-4)17(12-6-2)22(19,20)14-10-8-13(3)9-11-14/h5-6,8-11,15H,1-2,7,12H2,3-4H3. The normalized spacial score (nSPS) is 12.7. The van der Waals surface area contributed by atoms with E-state index in [0.717, 1.165) is 9.87 Å². The van der Waals surface area contributed by atoms with Gasteiger partial charge in [-0.3, -0.25) is 4.79 Å². The second-order valence-corrected chi connectivity index (χ2v) is 6.63. The van der Waals surface area contributed by atoms with E-state index in [4.69, 9.17) is 4.74 Å². The fourth-order valence-electron chi connectivity index (χ4n) is 1.99. The number of hydrogen-bond acceptors (Lipinski definition) is 4. The highest BCUT2D eigenvalue weighted by atomic mass is 32.2. The van der Waals surface area contributed by atoms with Crippen LogP contribution in [0.2, 0.25) is 0 Å². The molecule has 1 atom stereocenters. The van der Waals surface area contributed by atoms with Gasteiger partial charge in [0.15, 0.2) is 0 Å². The van der Waals surface area contributed by atoms with E-state index in [-0.39, 0.29) is 17.9 Å². The summed E-state index contributed by atoms with van der Waals surface area (Å²) in [5.41, 5.74) is 0.949. The summed E-state index contributed by atoms with van der Waals surface area (Å²) in [5.74, 6) is -0.627. The zero-order valence-corrected chi connectivity index (χ0v) is 13.7. The Kier molecular flexibility index (Phi) is 6.52. The number of esters is 1. The maximum Gasteiger partial charge on any atom is 0.324 e. The Hall–Kier alpha value is -1.92. The minimum atomic E-state index is -3.84. The van der Waals surface area contributed by atoms with Crippen LogP contribution in [0, 0.1) is 6.92 Å². The van der Waals surface area contributed by atoms with Crippen molar-refractivity contribution in [3.8, 4) is 0 Å². The van der Waals surface area contributed by atoms with Crippen LogP contribution < -0.4 is 0 Å². The molecule has 0 aromatic heterocycles. The lowest BCUT2D eigenvalue weighted by atomic mass is 10.2. The monoisotopic (exact) mass is 323 g/mol. The minimum Gasteiger partial charge on any atom is -0.468 e. The third-order valence-corrected chi connectivity index (χ3v) is 5.04. The van der Waals surface area contributed by atoms with Crippen LogP contribution in [0.5, 0.6) is 0 Å². The van der Waals surface area contributed by atoms with E-state index in [1.165, 1.54) is 31.4 Å². The van der Waals surface area contributed by atoms with Crippen LogP contribution >= 0.6 is 0 Å². The van der Waals surface area contributed by atoms with Gasteiger partial charge in [0.25, 0.3) is 0 Å². The van der Waals surface area contributed by atoms with Crippen molar-refractivity contribution in [3.05, 3.63) is 55.1 Å². The molecule has 6 heteroatoms. The fraction of sp³-hybridized carbons (Fsp3) is 0.312. The lowest BCUT2D eigenvalue weighted by Crippen LogP contribution is -2.45. The fourth-order valence-corrected chi connectivity index (χ4v) is 3.55. The van der Waals surface area contributed by atoms with Gasteiger partial charge in [0.05, 0.1) is 12.0 Å². The van der Waals surface area contributed by atoms with Gasteiger partial charge in [0.2, 0.25) is 10.0 Å². The predicted octanol–water partition coefficient (Wildman–Crippen LogP) is 2.29. The number of hydrogen-bond donors (Lipinski definition) is 0. The molecule has 0 fully saturated rings. The molecule has 1 unspecified atom stereocenters. The van der Waals surface area contributed by atoms with E-state index in [9.17, 15) is 13.2 Å². The topological polar surface area (TPSA) is 63.7 Å². The number of carbonyl (C=O) groups is 1. The van der Waals surface area contributed by atoms with Gasteiger partial charge in [-0.25, -0.2) is 8.42 Å². The van der Waals surface area contributed by atoms with Crippen molar-refractivity contribution >= 4 is 16.0 Å². The smallest absolute Gasteiger partial charge is 0.324 e. The molecule has 0 N–H and O–H groups in total. The first-order valence-corrected chi connectivity index (χ1v) is 8.20. The van der Waals surface area contributed by atoms with Crippen molar-refractivity contribution in [2.24, 2.45) is 0 Å². The van der Waals surface area contributed by atoms with Gasteiger partial charge in [-0.15, -0.1) is 13.2 Å². The van der Waals surface area contributed by atoms with Gasteiger partial charge in [0.1, 0.15) is 6.04 Å². The van der Waals surface area contributed by atoms with E-state index in [2.05, 4.69) is 13.2 Å². The van der Waals surface area contributed by atoms with Gasteiger partial charge in [-0.05, 0) is 25.5 Å². The van der Waals surface area contributed by atoms with Crippen LogP contribution in [0.15, 0.2) is 54.5 Å². The van der Waals surface area contributed by atoms with Gasteiger partial charge < -0.3 is 4.74 Å². The third kappa shape index (κ3) is 4.05. The Bertz CT molecular complexity index is 635. The maximum absolute atomic E-state index is 12.8. The Morgan fingerprint density at radius 3 is 2.32 bits per heavy atom. The van der Waals surface area contributed by atoms with Crippen LogP contribution in [0.3, 0.4) is 0 Å². The number of carbonyl (C=O) groups excluding carboxylic acids is 1. The first-order chi connectivity index (χ1) is 10.4. The predicted molar refractivity (Wildman–Crippen MR) is 85.9 cm³/mol. The molecule has 1 rings (SSSR count). The Morgan fingerprint density at radius 2 is 1.86 bits per heavy atom. The molecule has 0 aliphatic carbocycles. The molecule has 0 bridgehead atoms. The van der Waals surface area contributed by atoms with Crippen molar-refractivity contribution < 1.29 is 17.9 Å². The van der Waals surface area contributed by atoms with Crippen LogP contribution in [-0.4, -0.2) is 38.4 Å². The van der Waals surface area contributed by atoms with Crippen LogP contribution in [0.25, 0.3) is 0 Å². The van der Waals surface area contributed by atoms with Crippen molar-refractivity contribution in [2.45, 2.75) is 24.3 Å². The zero-order valence-electron chi connectivity index (χ0n) is 12.9. The van der Waals surface area contributed by atoms with Crippen molar-refractivity contribution in [1.29, 1.82) is 0 Å². The number of ether oxygens (including phenoxy) is 1. The molecule has 0 aliphatic heterocycles. The number of benzene rings is 1. The SMILES string of the molecule is C=CCC(C(=O)OC)N(CC=C)S(=O)(=O)c1ccc(C)cc1. The lowest BCUT2D eigenvalue weighted by molar-refractivity contribution is -0.144. The quantitative estimate of drug-likeness (QED) is 0.544. The van der Waals surface area contributed by atoms with E-state index >= 15 is 0 Å². The van der Waals surface area contributed by atoms with Crippen molar-refractivity contribution in [2.75, 3.05) is 13.7 Å². The molecule has 0 aliphatic rings. The van der Waals surface area contributed by atoms with Gasteiger partial charge in [-0.2, -0.15) is 4.31 Å². The molecule has 1 aromatic carbocycles. The van der Waals surface area contributed by atoms with E-state index in [1.807, 2.05) is 6.92 Å². The molecule has 0 saturated heterocycles. The second-order valence-electron chi connectivity index (χ2n) is 4.74. The first kappa shape index (κ1) is 18.1. The molecule has 0 radical (unpaired) electrons. The summed E-state index contributed by atoms with van der Waals surface area (Å²) in [6, 6.07) is 5.48. The summed E-state index contributed by atoms with van der Waals surface area (Å²) in [6.07, 6.45) is 3.08. The molecule has 120 valence electrons. The zero-order chi connectivity index (χ0) is 16.8. The van der Waals surface area contributed by atoms with Crippen LogP contribution in [0.4, 0.5) is 0 Å². The molecular formula is C16H21NO4S. The molecule has 5 nitrogen and oxygen atoms in total. The van der Waals surface area contributed by atoms with Crippen LogP contribution in [-0.2, 0) is 19.6 Å². The number of sulfonamides is 1. The summed E-state index contributed by atoms with van der Waals surface area (Å²) in [4.78, 5) is 12.1. The molecule has 0 heterocycles. The Morgan fingerprint density at radius 1 is 1.27 bits per heavy atom. The van der Waals surface area contributed by atoms with E-state index in [1.54, 1.807) is 12.1 Å².